The highest BCUT2D eigenvalue weighted by molar-refractivity contribution is 5.66. The van der Waals surface area contributed by atoms with Crippen LogP contribution in [0.25, 0.3) is 0 Å². The molecule has 2 N–H and O–H groups in total. The molecule has 1 aromatic rings. The summed E-state index contributed by atoms with van der Waals surface area (Å²) in [5.41, 5.74) is -1.11. The van der Waals surface area contributed by atoms with E-state index in [0.717, 1.165) is 0 Å². The van der Waals surface area contributed by atoms with Crippen molar-refractivity contribution in [3.8, 4) is 0 Å². The molecule has 1 aromatic carbocycles. The van der Waals surface area contributed by atoms with E-state index in [9.17, 15) is 26.7 Å². The molecule has 0 bridgehead atoms. The van der Waals surface area contributed by atoms with Crippen LogP contribution in [0, 0.1) is 29.1 Å². The highest BCUT2D eigenvalue weighted by Gasteiger charge is 2.26. The normalized spacial score (nSPS) is 12.3. The summed E-state index contributed by atoms with van der Waals surface area (Å²) in [5, 5.41) is 10.6. The van der Waals surface area contributed by atoms with Gasteiger partial charge in [0.05, 0.1) is 0 Å². The van der Waals surface area contributed by atoms with Crippen LogP contribution < -0.4 is 5.32 Å². The van der Waals surface area contributed by atoms with Crippen molar-refractivity contribution in [2.24, 2.45) is 0 Å². The number of nitrogens with one attached hydrogen (secondary N) is 1. The highest BCUT2D eigenvalue weighted by atomic mass is 19.2. The third-order valence-corrected chi connectivity index (χ3v) is 2.63. The number of benzene rings is 1. The van der Waals surface area contributed by atoms with Gasteiger partial charge in [-0.1, -0.05) is 0 Å². The molecule has 0 spiro atoms. The second-order valence-corrected chi connectivity index (χ2v) is 4.28. The van der Waals surface area contributed by atoms with Crippen molar-refractivity contribution >= 4 is 11.7 Å². The molecule has 0 amide bonds. The number of anilines is 1. The zero-order valence-electron chi connectivity index (χ0n) is 10.4. The van der Waals surface area contributed by atoms with Crippen molar-refractivity contribution in [3.63, 3.8) is 0 Å². The van der Waals surface area contributed by atoms with E-state index >= 15 is 0 Å². The molecule has 8 heteroatoms. The molecule has 0 radical (unpaired) electrons. The minimum atomic E-state index is -2.22. The highest BCUT2D eigenvalue weighted by Crippen LogP contribution is 2.28. The third-order valence-electron chi connectivity index (χ3n) is 2.63. The Labute approximate surface area is 111 Å². The summed E-state index contributed by atoms with van der Waals surface area (Å²) in [6.45, 7) is 1.44. The second-order valence-electron chi connectivity index (χ2n) is 4.28. The lowest BCUT2D eigenvalue weighted by molar-refractivity contribution is -0.137. The van der Waals surface area contributed by atoms with Crippen molar-refractivity contribution in [2.45, 2.75) is 32.2 Å². The Morgan fingerprint density at radius 3 is 1.95 bits per heavy atom. The molecule has 1 unspecified atom stereocenters. The standard InChI is InChI=1S/C12H12F5NO2/c1-5(3-2-4-6(19)20)18-12-10(16)8(14)7(13)9(15)11(12)17/h5,18H,2-4H2,1H3,(H,19,20). The number of hydrogen-bond donors (Lipinski definition) is 2. The molecular formula is C12H12F5NO2. The number of aliphatic carboxylic acids is 1. The van der Waals surface area contributed by atoms with Crippen LogP contribution in [0.3, 0.4) is 0 Å². The quantitative estimate of drug-likeness (QED) is 0.480. The van der Waals surface area contributed by atoms with E-state index < -0.39 is 46.8 Å². The Kier molecular flexibility index (Phi) is 5.29. The van der Waals surface area contributed by atoms with E-state index in [1.165, 1.54) is 6.92 Å². The molecule has 1 rings (SSSR count). The molecule has 0 saturated heterocycles. The number of rotatable bonds is 6. The number of hydrogen-bond acceptors (Lipinski definition) is 2. The van der Waals surface area contributed by atoms with Crippen molar-refractivity contribution in [3.05, 3.63) is 29.1 Å². The molecule has 1 atom stereocenters. The first-order valence-corrected chi connectivity index (χ1v) is 5.75. The lowest BCUT2D eigenvalue weighted by Crippen LogP contribution is -2.19. The molecule has 20 heavy (non-hydrogen) atoms. The Balaban J connectivity index is 2.85. The van der Waals surface area contributed by atoms with Gasteiger partial charge in [-0.05, 0) is 19.8 Å². The molecule has 112 valence electrons. The maximum absolute atomic E-state index is 13.3. The van der Waals surface area contributed by atoms with E-state index in [0.29, 0.717) is 0 Å². The number of halogens is 5. The predicted molar refractivity (Wildman–Crippen MR) is 60.8 cm³/mol. The van der Waals surface area contributed by atoms with E-state index in [4.69, 9.17) is 5.11 Å². The fourth-order valence-corrected chi connectivity index (χ4v) is 1.61. The lowest BCUT2D eigenvalue weighted by atomic mass is 10.1. The minimum absolute atomic E-state index is 0.150. The van der Waals surface area contributed by atoms with Gasteiger partial charge in [0.25, 0.3) is 0 Å². The molecular weight excluding hydrogens is 285 g/mol. The summed E-state index contributed by atoms with van der Waals surface area (Å²) in [6, 6.07) is -0.650. The largest absolute Gasteiger partial charge is 0.481 e. The van der Waals surface area contributed by atoms with E-state index in [1.54, 1.807) is 0 Å². The van der Waals surface area contributed by atoms with Gasteiger partial charge in [0.1, 0.15) is 5.69 Å². The summed E-state index contributed by atoms with van der Waals surface area (Å²) >= 11 is 0. The first-order valence-electron chi connectivity index (χ1n) is 5.75. The molecule has 0 fully saturated rings. The fourth-order valence-electron chi connectivity index (χ4n) is 1.61. The molecule has 0 heterocycles. The SMILES string of the molecule is CC(CCCC(=O)O)Nc1c(F)c(F)c(F)c(F)c1F. The van der Waals surface area contributed by atoms with Crippen LogP contribution in [0.15, 0.2) is 0 Å². The van der Waals surface area contributed by atoms with Crippen molar-refractivity contribution in [1.82, 2.24) is 0 Å². The smallest absolute Gasteiger partial charge is 0.303 e. The number of carboxylic acid groups (broad SMARTS) is 1. The molecule has 0 aliphatic heterocycles. The summed E-state index contributed by atoms with van der Waals surface area (Å²) in [6.07, 6.45) is 0.258. The van der Waals surface area contributed by atoms with Gasteiger partial charge in [-0.2, -0.15) is 0 Å². The van der Waals surface area contributed by atoms with Gasteiger partial charge in [0.2, 0.25) is 5.82 Å². The summed E-state index contributed by atoms with van der Waals surface area (Å²) in [4.78, 5) is 10.3. The van der Waals surface area contributed by atoms with Crippen LogP contribution in [0.4, 0.5) is 27.6 Å². The van der Waals surface area contributed by atoms with E-state index in [2.05, 4.69) is 5.32 Å². The first kappa shape index (κ1) is 16.2. The summed E-state index contributed by atoms with van der Waals surface area (Å²) in [7, 11) is 0. The maximum atomic E-state index is 13.3. The lowest BCUT2D eigenvalue weighted by Gasteiger charge is -2.16. The van der Waals surface area contributed by atoms with Crippen LogP contribution >= 0.6 is 0 Å². The van der Waals surface area contributed by atoms with Gasteiger partial charge < -0.3 is 10.4 Å². The van der Waals surface area contributed by atoms with E-state index in [-0.39, 0.29) is 19.3 Å². The Bertz CT molecular complexity index is 492. The Morgan fingerprint density at radius 1 is 1.05 bits per heavy atom. The average molecular weight is 297 g/mol. The van der Waals surface area contributed by atoms with Gasteiger partial charge in [-0.25, -0.2) is 22.0 Å². The fraction of sp³-hybridized carbons (Fsp3) is 0.417. The maximum Gasteiger partial charge on any atom is 0.303 e. The van der Waals surface area contributed by atoms with Crippen LogP contribution in [0.5, 0.6) is 0 Å². The third kappa shape index (κ3) is 3.58. The molecule has 0 aliphatic rings. The zero-order chi connectivity index (χ0) is 15.4. The van der Waals surface area contributed by atoms with Gasteiger partial charge in [0.15, 0.2) is 23.3 Å². The van der Waals surface area contributed by atoms with Crippen LogP contribution in [0.1, 0.15) is 26.2 Å². The van der Waals surface area contributed by atoms with Crippen LogP contribution in [0.2, 0.25) is 0 Å². The van der Waals surface area contributed by atoms with Gasteiger partial charge in [-0.15, -0.1) is 0 Å². The van der Waals surface area contributed by atoms with Gasteiger partial charge in [-0.3, -0.25) is 4.79 Å². The van der Waals surface area contributed by atoms with Gasteiger partial charge >= 0.3 is 5.97 Å². The molecule has 0 saturated carbocycles. The number of carbonyl (C=O) groups is 1. The van der Waals surface area contributed by atoms with Crippen molar-refractivity contribution < 1.29 is 31.9 Å². The first-order chi connectivity index (χ1) is 9.25. The molecule has 0 aliphatic carbocycles. The number of carboxylic acids is 1. The molecule has 0 aromatic heterocycles. The monoisotopic (exact) mass is 297 g/mol. The van der Waals surface area contributed by atoms with Gasteiger partial charge in [0, 0.05) is 12.5 Å². The van der Waals surface area contributed by atoms with Crippen LogP contribution in [-0.2, 0) is 4.79 Å². The van der Waals surface area contributed by atoms with Crippen molar-refractivity contribution in [2.75, 3.05) is 5.32 Å². The minimum Gasteiger partial charge on any atom is -0.481 e. The topological polar surface area (TPSA) is 49.3 Å². The van der Waals surface area contributed by atoms with Crippen molar-refractivity contribution in [1.29, 1.82) is 0 Å². The summed E-state index contributed by atoms with van der Waals surface area (Å²) in [5.74, 6) is -11.2. The molecule has 3 nitrogen and oxygen atoms in total. The van der Waals surface area contributed by atoms with Crippen LogP contribution in [-0.4, -0.2) is 17.1 Å². The summed E-state index contributed by atoms with van der Waals surface area (Å²) < 4.78 is 65.3. The van der Waals surface area contributed by atoms with E-state index in [1.807, 2.05) is 0 Å². The predicted octanol–water partition coefficient (Wildman–Crippen LogP) is 3.44. The zero-order valence-corrected chi connectivity index (χ0v) is 10.4. The Morgan fingerprint density at radius 2 is 1.50 bits per heavy atom. The second kappa shape index (κ2) is 6.53. The Hall–Kier alpha value is -1.86. The average Bonchev–Trinajstić information content (AvgIpc) is 2.39.